The molecule has 0 spiro atoms. The number of nitrogens with one attached hydrogen (secondary N) is 1. The predicted octanol–water partition coefficient (Wildman–Crippen LogP) is 3.15. The first-order valence-electron chi connectivity index (χ1n) is 9.77. The van der Waals surface area contributed by atoms with E-state index in [9.17, 15) is 19.8 Å². The number of hydrogen-bond donors (Lipinski definition) is 3. The number of furan rings is 1. The highest BCUT2D eigenvalue weighted by Gasteiger charge is 2.40. The fourth-order valence-electron chi connectivity index (χ4n) is 3.32. The van der Waals surface area contributed by atoms with Crippen molar-refractivity contribution in [3.8, 4) is 0 Å². The van der Waals surface area contributed by atoms with E-state index in [-0.39, 0.29) is 6.54 Å². The van der Waals surface area contributed by atoms with E-state index in [1.54, 1.807) is 12.1 Å². The van der Waals surface area contributed by atoms with Crippen molar-refractivity contribution in [1.82, 2.24) is 5.32 Å². The molecule has 0 saturated heterocycles. The zero-order valence-corrected chi connectivity index (χ0v) is 16.9. The molecule has 0 aliphatic heterocycles. The summed E-state index contributed by atoms with van der Waals surface area (Å²) >= 11 is 0. The lowest BCUT2D eigenvalue weighted by Crippen LogP contribution is -2.51. The summed E-state index contributed by atoms with van der Waals surface area (Å²) < 4.78 is 11.0. The lowest BCUT2D eigenvalue weighted by molar-refractivity contribution is -0.162. The Hall–Kier alpha value is -2.64. The van der Waals surface area contributed by atoms with Gasteiger partial charge in [0.2, 0.25) is 0 Å². The maximum Gasteiger partial charge on any atom is 0.313 e. The number of carboxylic acids is 1. The van der Waals surface area contributed by atoms with Crippen LogP contribution in [0.2, 0.25) is 0 Å². The minimum Gasteiger partial charge on any atom is -0.481 e. The second-order valence-electron chi connectivity index (χ2n) is 7.12. The largest absolute Gasteiger partial charge is 0.481 e. The summed E-state index contributed by atoms with van der Waals surface area (Å²) in [6.07, 6.45) is 0.488. The van der Waals surface area contributed by atoms with Crippen LogP contribution in [0.25, 0.3) is 0 Å². The van der Waals surface area contributed by atoms with E-state index in [0.717, 1.165) is 5.56 Å². The summed E-state index contributed by atoms with van der Waals surface area (Å²) in [6, 6.07) is 11.9. The van der Waals surface area contributed by atoms with Crippen LogP contribution in [0.1, 0.15) is 44.6 Å². The summed E-state index contributed by atoms with van der Waals surface area (Å²) in [5, 5.41) is 22.9. The molecule has 0 saturated carbocycles. The molecule has 2 rings (SSSR count). The van der Waals surface area contributed by atoms with Crippen LogP contribution in [-0.4, -0.2) is 34.3 Å². The van der Waals surface area contributed by atoms with E-state index in [0.29, 0.717) is 12.2 Å². The number of esters is 1. The van der Waals surface area contributed by atoms with Crippen LogP contribution in [-0.2, 0) is 20.9 Å². The van der Waals surface area contributed by atoms with Crippen LogP contribution in [0, 0.1) is 11.8 Å². The van der Waals surface area contributed by atoms with E-state index < -0.39 is 42.0 Å². The van der Waals surface area contributed by atoms with Crippen LogP contribution in [0.5, 0.6) is 0 Å². The quantitative estimate of drug-likeness (QED) is 0.495. The van der Waals surface area contributed by atoms with Crippen molar-refractivity contribution in [2.75, 3.05) is 0 Å². The summed E-state index contributed by atoms with van der Waals surface area (Å²) in [5.41, 5.74) is 0.846. The Bertz CT molecular complexity index is 759. The average Bonchev–Trinajstić information content (AvgIpc) is 3.22. The molecule has 0 aliphatic rings. The van der Waals surface area contributed by atoms with Crippen molar-refractivity contribution in [3.05, 3.63) is 60.1 Å². The number of carbonyl (C=O) groups is 2. The molecule has 0 amide bonds. The monoisotopic (exact) mass is 403 g/mol. The Morgan fingerprint density at radius 2 is 1.83 bits per heavy atom. The Kier molecular flexibility index (Phi) is 8.42. The van der Waals surface area contributed by atoms with E-state index >= 15 is 0 Å². The zero-order chi connectivity index (χ0) is 21.4. The van der Waals surface area contributed by atoms with E-state index in [2.05, 4.69) is 5.32 Å². The van der Waals surface area contributed by atoms with Crippen molar-refractivity contribution in [2.24, 2.45) is 11.8 Å². The first-order chi connectivity index (χ1) is 13.8. The average molecular weight is 403 g/mol. The summed E-state index contributed by atoms with van der Waals surface area (Å²) in [5.74, 6) is -3.11. The summed E-state index contributed by atoms with van der Waals surface area (Å²) in [4.78, 5) is 24.7. The number of ether oxygens (including phenoxy) is 1. The maximum atomic E-state index is 13.0. The van der Waals surface area contributed by atoms with Gasteiger partial charge >= 0.3 is 11.9 Å². The molecule has 7 nitrogen and oxygen atoms in total. The number of rotatable bonds is 11. The Morgan fingerprint density at radius 3 is 2.34 bits per heavy atom. The summed E-state index contributed by atoms with van der Waals surface area (Å²) in [6.45, 7) is 5.08. The zero-order valence-electron chi connectivity index (χ0n) is 16.9. The third-order valence-electron chi connectivity index (χ3n) is 5.00. The highest BCUT2D eigenvalue weighted by molar-refractivity contribution is 5.77. The lowest BCUT2D eigenvalue weighted by Gasteiger charge is -2.32. The number of hydrogen-bond acceptors (Lipinski definition) is 6. The Labute approximate surface area is 170 Å². The smallest absolute Gasteiger partial charge is 0.313 e. The fraction of sp³-hybridized carbons (Fsp3) is 0.455. The molecule has 0 fully saturated rings. The third-order valence-corrected chi connectivity index (χ3v) is 5.00. The molecule has 5 unspecified atom stereocenters. The second-order valence-corrected chi connectivity index (χ2v) is 7.12. The van der Waals surface area contributed by atoms with Gasteiger partial charge in [0.25, 0.3) is 0 Å². The molecule has 5 atom stereocenters. The van der Waals surface area contributed by atoms with E-state index in [4.69, 9.17) is 9.15 Å². The maximum absolute atomic E-state index is 13.0. The number of aliphatic carboxylic acids is 1. The highest BCUT2D eigenvalue weighted by atomic mass is 16.5. The number of benzene rings is 1. The van der Waals surface area contributed by atoms with Gasteiger partial charge in [0, 0.05) is 6.04 Å². The standard InChI is InChI=1S/C22H29NO6/c1-4-18(16-9-6-5-7-10-16)29-22(27)19(15(3)24)20(14(2)21(25)26)23-13-17-11-8-12-28-17/h5-12,14-15,18-20,23-24H,4,13H2,1-3H3,(H,25,26). The fourth-order valence-corrected chi connectivity index (χ4v) is 3.32. The molecule has 7 heteroatoms. The van der Waals surface area contributed by atoms with Crippen LogP contribution < -0.4 is 5.32 Å². The summed E-state index contributed by atoms with van der Waals surface area (Å²) in [7, 11) is 0. The Morgan fingerprint density at radius 1 is 1.14 bits per heavy atom. The molecule has 0 bridgehead atoms. The van der Waals surface area contributed by atoms with Gasteiger partial charge in [-0.15, -0.1) is 0 Å². The first-order valence-corrected chi connectivity index (χ1v) is 9.77. The van der Waals surface area contributed by atoms with Gasteiger partial charge in [-0.1, -0.05) is 44.2 Å². The van der Waals surface area contributed by atoms with Crippen molar-refractivity contribution in [2.45, 2.75) is 52.0 Å². The van der Waals surface area contributed by atoms with E-state index in [1.165, 1.54) is 20.1 Å². The minimum absolute atomic E-state index is 0.224. The SMILES string of the molecule is CCC(OC(=O)C(C(C)O)C(NCc1ccco1)C(C)C(=O)O)c1ccccc1. The third kappa shape index (κ3) is 6.17. The van der Waals surface area contributed by atoms with Crippen molar-refractivity contribution in [1.29, 1.82) is 0 Å². The molecule has 3 N–H and O–H groups in total. The van der Waals surface area contributed by atoms with E-state index in [1.807, 2.05) is 37.3 Å². The van der Waals surface area contributed by atoms with Crippen LogP contribution in [0.15, 0.2) is 53.1 Å². The molecule has 0 aliphatic carbocycles. The van der Waals surface area contributed by atoms with Gasteiger partial charge in [-0.05, 0) is 31.0 Å². The van der Waals surface area contributed by atoms with Gasteiger partial charge in [0.1, 0.15) is 11.9 Å². The predicted molar refractivity (Wildman–Crippen MR) is 107 cm³/mol. The molecule has 1 aromatic carbocycles. The minimum atomic E-state index is -1.10. The highest BCUT2D eigenvalue weighted by Crippen LogP contribution is 2.26. The molecule has 158 valence electrons. The molecular weight excluding hydrogens is 374 g/mol. The molecule has 1 heterocycles. The normalized spacial score (nSPS) is 16.4. The molecular formula is C22H29NO6. The van der Waals surface area contributed by atoms with Gasteiger partial charge in [-0.2, -0.15) is 0 Å². The molecule has 2 aromatic rings. The number of aliphatic hydroxyl groups excluding tert-OH is 1. The van der Waals surface area contributed by atoms with Crippen molar-refractivity contribution in [3.63, 3.8) is 0 Å². The van der Waals surface area contributed by atoms with Crippen molar-refractivity contribution < 1.29 is 29.0 Å². The number of carboxylic acid groups (broad SMARTS) is 1. The molecule has 1 aromatic heterocycles. The van der Waals surface area contributed by atoms with Gasteiger partial charge in [-0.3, -0.25) is 9.59 Å². The van der Waals surface area contributed by atoms with Gasteiger partial charge in [0.05, 0.1) is 30.7 Å². The van der Waals surface area contributed by atoms with Gasteiger partial charge < -0.3 is 24.7 Å². The first kappa shape index (κ1) is 22.6. The number of aliphatic hydroxyl groups is 1. The number of carbonyl (C=O) groups excluding carboxylic acids is 1. The van der Waals surface area contributed by atoms with Gasteiger partial charge in [-0.25, -0.2) is 0 Å². The van der Waals surface area contributed by atoms with Gasteiger partial charge in [0.15, 0.2) is 0 Å². The van der Waals surface area contributed by atoms with Crippen LogP contribution in [0.4, 0.5) is 0 Å². The topological polar surface area (TPSA) is 109 Å². The van der Waals surface area contributed by atoms with Crippen molar-refractivity contribution >= 4 is 11.9 Å². The van der Waals surface area contributed by atoms with Crippen LogP contribution >= 0.6 is 0 Å². The van der Waals surface area contributed by atoms with Crippen LogP contribution in [0.3, 0.4) is 0 Å². The molecule has 29 heavy (non-hydrogen) atoms. The Balaban J connectivity index is 2.22. The lowest BCUT2D eigenvalue weighted by atomic mass is 9.85. The molecule has 0 radical (unpaired) electrons. The second kappa shape index (κ2) is 10.8.